The van der Waals surface area contributed by atoms with Crippen LogP contribution in [0.2, 0.25) is 0 Å². The molecule has 0 N–H and O–H groups in total. The van der Waals surface area contributed by atoms with Crippen LogP contribution in [0, 0.1) is 11.8 Å². The number of carbonyl (C=O) groups is 1. The molecular formula is C32H44N4O4. The number of hydrogen-bond acceptors (Lipinski definition) is 7. The van der Waals surface area contributed by atoms with Gasteiger partial charge >= 0.3 is 5.97 Å². The standard InChI is InChI=1S/C32H44N4O4/c1-3-40-30(37)15-14-28(34-39-2)31-32(38)36(29-13-5-4-12-27(29)33-31)26-19-23-10-7-11-24(20-26)35(23)25-17-21-8-6-9-22(16-21)18-25/h4-5,12-13,21-26H,3,6-11,14-20H2,1-2H3/t21?,22?,23-,24?,25?,26?/m0/s1. The summed E-state index contributed by atoms with van der Waals surface area (Å²) < 4.78 is 7.11. The van der Waals surface area contributed by atoms with E-state index in [0.717, 1.165) is 35.7 Å². The van der Waals surface area contributed by atoms with Crippen molar-refractivity contribution in [2.75, 3.05) is 13.7 Å². The zero-order chi connectivity index (χ0) is 27.6. The average Bonchev–Trinajstić information content (AvgIpc) is 2.94. The highest BCUT2D eigenvalue weighted by Gasteiger charge is 2.45. The second-order valence-electron chi connectivity index (χ2n) is 12.5. The van der Waals surface area contributed by atoms with Crippen LogP contribution < -0.4 is 5.56 Å². The van der Waals surface area contributed by atoms with Gasteiger partial charge in [-0.25, -0.2) is 4.98 Å². The minimum absolute atomic E-state index is 0.114. The van der Waals surface area contributed by atoms with Crippen molar-refractivity contribution in [3.05, 3.63) is 40.3 Å². The van der Waals surface area contributed by atoms with Crippen molar-refractivity contribution in [3.8, 4) is 0 Å². The quantitative estimate of drug-likeness (QED) is 0.242. The molecule has 4 fully saturated rings. The molecule has 2 saturated carbocycles. The number of oxime groups is 1. The third-order valence-electron chi connectivity index (χ3n) is 10.0. The van der Waals surface area contributed by atoms with Crippen molar-refractivity contribution in [2.45, 2.75) is 115 Å². The van der Waals surface area contributed by atoms with Crippen molar-refractivity contribution in [2.24, 2.45) is 17.0 Å². The second kappa shape index (κ2) is 12.0. The number of esters is 1. The minimum Gasteiger partial charge on any atom is -0.466 e. The van der Waals surface area contributed by atoms with Gasteiger partial charge in [-0.1, -0.05) is 43.0 Å². The predicted octanol–water partition coefficient (Wildman–Crippen LogP) is 5.62. The molecule has 2 aliphatic heterocycles. The number of piperidine rings is 2. The van der Waals surface area contributed by atoms with Crippen LogP contribution in [-0.2, 0) is 14.4 Å². The molecule has 1 aromatic carbocycles. The maximum Gasteiger partial charge on any atom is 0.306 e. The highest BCUT2D eigenvalue weighted by atomic mass is 16.6. The Balaban J connectivity index is 1.32. The second-order valence-corrected chi connectivity index (χ2v) is 12.5. The number of ether oxygens (including phenoxy) is 1. The van der Waals surface area contributed by atoms with E-state index < -0.39 is 0 Å². The summed E-state index contributed by atoms with van der Waals surface area (Å²) >= 11 is 0. The maximum absolute atomic E-state index is 14.2. The normalized spacial score (nSPS) is 30.7. The first-order chi connectivity index (χ1) is 19.6. The Hall–Kier alpha value is -2.74. The molecule has 8 nitrogen and oxygen atoms in total. The van der Waals surface area contributed by atoms with E-state index in [1.165, 1.54) is 64.9 Å². The van der Waals surface area contributed by atoms with Gasteiger partial charge in [0.2, 0.25) is 0 Å². The highest BCUT2D eigenvalue weighted by molar-refractivity contribution is 6.00. The molecule has 4 unspecified atom stereocenters. The Kier molecular flexibility index (Phi) is 8.24. The van der Waals surface area contributed by atoms with Crippen LogP contribution in [0.15, 0.2) is 34.2 Å². The first-order valence-corrected chi connectivity index (χ1v) is 15.6. The average molecular weight is 549 g/mol. The van der Waals surface area contributed by atoms with Crippen LogP contribution in [-0.4, -0.2) is 58.0 Å². The fourth-order valence-electron chi connectivity index (χ4n) is 8.61. The summed E-state index contributed by atoms with van der Waals surface area (Å²) in [5, 5.41) is 4.16. The molecule has 4 bridgehead atoms. The van der Waals surface area contributed by atoms with Crippen LogP contribution in [0.4, 0.5) is 0 Å². The number of para-hydroxylation sites is 2. The van der Waals surface area contributed by atoms with Gasteiger partial charge in [0.1, 0.15) is 12.8 Å². The van der Waals surface area contributed by atoms with Gasteiger partial charge in [-0.15, -0.1) is 0 Å². The molecule has 2 saturated heterocycles. The van der Waals surface area contributed by atoms with E-state index >= 15 is 0 Å². The highest BCUT2D eigenvalue weighted by Crippen LogP contribution is 2.47. The minimum atomic E-state index is -0.320. The van der Waals surface area contributed by atoms with Crippen LogP contribution in [0.25, 0.3) is 11.0 Å². The van der Waals surface area contributed by atoms with Crippen molar-refractivity contribution >= 4 is 22.7 Å². The van der Waals surface area contributed by atoms with Crippen LogP contribution >= 0.6 is 0 Å². The lowest BCUT2D eigenvalue weighted by molar-refractivity contribution is -0.142. The Labute approximate surface area is 237 Å². The third kappa shape index (κ3) is 5.44. The van der Waals surface area contributed by atoms with Crippen molar-refractivity contribution in [1.29, 1.82) is 0 Å². The van der Waals surface area contributed by atoms with E-state index in [4.69, 9.17) is 14.6 Å². The fraction of sp³-hybridized carbons (Fsp3) is 0.688. The Bertz CT molecular complexity index is 1280. The predicted molar refractivity (Wildman–Crippen MR) is 155 cm³/mol. The van der Waals surface area contributed by atoms with E-state index in [9.17, 15) is 9.59 Å². The number of hydrogen-bond donors (Lipinski definition) is 0. The van der Waals surface area contributed by atoms with Gasteiger partial charge in [0, 0.05) is 30.6 Å². The number of rotatable bonds is 8. The number of fused-ring (bicyclic) bond motifs is 5. The molecule has 6 rings (SSSR count). The summed E-state index contributed by atoms with van der Waals surface area (Å²) in [5.74, 6) is 1.51. The number of benzene rings is 1. The van der Waals surface area contributed by atoms with Crippen molar-refractivity contribution in [1.82, 2.24) is 14.5 Å². The monoisotopic (exact) mass is 548 g/mol. The number of aromatic nitrogens is 2. The summed E-state index contributed by atoms with van der Waals surface area (Å²) in [7, 11) is 1.46. The molecule has 0 amide bonds. The summed E-state index contributed by atoms with van der Waals surface area (Å²) in [5.41, 5.74) is 2.18. The SMILES string of the molecule is CCOC(=O)CCC(=NOC)c1nc2ccccc2n(C2CC3CCC[C@@H](C2)N3C2CC3CCCC(C3)C2)c1=O. The van der Waals surface area contributed by atoms with Crippen molar-refractivity contribution < 1.29 is 14.4 Å². The van der Waals surface area contributed by atoms with Gasteiger partial charge in [-0.3, -0.25) is 14.5 Å². The molecule has 5 atom stereocenters. The molecule has 2 aromatic rings. The molecule has 0 spiro atoms. The lowest BCUT2D eigenvalue weighted by Gasteiger charge is -2.55. The molecule has 8 heteroatoms. The van der Waals surface area contributed by atoms with E-state index in [1.54, 1.807) is 6.92 Å². The molecule has 2 aliphatic carbocycles. The summed E-state index contributed by atoms with van der Waals surface area (Å²) in [6, 6.07) is 9.80. The summed E-state index contributed by atoms with van der Waals surface area (Å²) in [6.07, 6.45) is 14.5. The van der Waals surface area contributed by atoms with Crippen LogP contribution in [0.1, 0.15) is 102 Å². The Morgan fingerprint density at radius 3 is 2.33 bits per heavy atom. The lowest BCUT2D eigenvalue weighted by Crippen LogP contribution is -2.58. The van der Waals surface area contributed by atoms with Gasteiger partial charge < -0.3 is 14.1 Å². The van der Waals surface area contributed by atoms with Crippen LogP contribution in [0.3, 0.4) is 0 Å². The Morgan fingerprint density at radius 2 is 1.62 bits per heavy atom. The first-order valence-electron chi connectivity index (χ1n) is 15.6. The summed E-state index contributed by atoms with van der Waals surface area (Å²) in [6.45, 7) is 2.10. The molecular weight excluding hydrogens is 504 g/mol. The number of nitrogens with zero attached hydrogens (tertiary/aromatic N) is 4. The van der Waals surface area contributed by atoms with Crippen LogP contribution in [0.5, 0.6) is 0 Å². The van der Waals surface area contributed by atoms with Gasteiger partial charge in [0.15, 0.2) is 5.69 Å². The van der Waals surface area contributed by atoms with Crippen molar-refractivity contribution in [3.63, 3.8) is 0 Å². The molecule has 4 aliphatic rings. The van der Waals surface area contributed by atoms with Gasteiger partial charge in [-0.2, -0.15) is 0 Å². The van der Waals surface area contributed by atoms with Gasteiger partial charge in [0.25, 0.3) is 5.56 Å². The molecule has 1 aromatic heterocycles. The zero-order valence-corrected chi connectivity index (χ0v) is 24.1. The largest absolute Gasteiger partial charge is 0.466 e. The Morgan fingerprint density at radius 1 is 0.925 bits per heavy atom. The summed E-state index contributed by atoms with van der Waals surface area (Å²) in [4.78, 5) is 39.1. The van der Waals surface area contributed by atoms with E-state index in [2.05, 4.69) is 10.1 Å². The maximum atomic E-state index is 14.2. The first kappa shape index (κ1) is 27.4. The van der Waals surface area contributed by atoms with E-state index in [-0.39, 0.29) is 36.1 Å². The molecule has 216 valence electrons. The smallest absolute Gasteiger partial charge is 0.306 e. The van der Waals surface area contributed by atoms with E-state index in [1.807, 2.05) is 28.8 Å². The van der Waals surface area contributed by atoms with Gasteiger partial charge in [-0.05, 0) is 75.8 Å². The third-order valence-corrected chi connectivity index (χ3v) is 10.0. The van der Waals surface area contributed by atoms with Gasteiger partial charge in [0.05, 0.1) is 24.1 Å². The molecule has 0 radical (unpaired) electrons. The molecule has 40 heavy (non-hydrogen) atoms. The van der Waals surface area contributed by atoms with E-state index in [0.29, 0.717) is 30.4 Å². The molecule has 3 heterocycles. The fourth-order valence-corrected chi connectivity index (χ4v) is 8.61. The topological polar surface area (TPSA) is 86.0 Å². The number of carbonyl (C=O) groups excluding carboxylic acids is 1. The zero-order valence-electron chi connectivity index (χ0n) is 24.1. The lowest BCUT2D eigenvalue weighted by atomic mass is 9.68.